The summed E-state index contributed by atoms with van der Waals surface area (Å²) in [7, 11) is 0. The van der Waals surface area contributed by atoms with Gasteiger partial charge in [0.1, 0.15) is 17.2 Å². The minimum absolute atomic E-state index is 0.0308. The van der Waals surface area contributed by atoms with Gasteiger partial charge in [0, 0.05) is 12.6 Å². The standard InChI is InChI=1S/C17H20FN3O3/c1-3-11(2)15(22)10-19-17(24)13-8-9-16(23)21(20-13)14-7-5-4-6-12(14)18/h4-9,11,15,22H,3,10H2,1-2H3,(H,19,24). The van der Waals surface area contributed by atoms with Gasteiger partial charge in [-0.1, -0.05) is 32.4 Å². The molecular formula is C17H20FN3O3. The van der Waals surface area contributed by atoms with Crippen molar-refractivity contribution in [2.75, 3.05) is 6.54 Å². The number of aliphatic hydroxyl groups is 1. The highest BCUT2D eigenvalue weighted by Gasteiger charge is 2.16. The number of carbonyl (C=O) groups is 1. The van der Waals surface area contributed by atoms with Crippen LogP contribution in [0.25, 0.3) is 5.69 Å². The van der Waals surface area contributed by atoms with Gasteiger partial charge >= 0.3 is 0 Å². The third-order valence-corrected chi connectivity index (χ3v) is 3.89. The van der Waals surface area contributed by atoms with Crippen molar-refractivity contribution < 1.29 is 14.3 Å². The number of nitrogens with zero attached hydrogens (tertiary/aromatic N) is 2. The maximum Gasteiger partial charge on any atom is 0.271 e. The summed E-state index contributed by atoms with van der Waals surface area (Å²) >= 11 is 0. The molecule has 1 aromatic carbocycles. The Balaban J connectivity index is 2.21. The lowest BCUT2D eigenvalue weighted by molar-refractivity contribution is 0.0844. The Morgan fingerprint density at radius 1 is 1.33 bits per heavy atom. The molecule has 2 aromatic rings. The second-order valence-electron chi connectivity index (χ2n) is 5.58. The Morgan fingerprint density at radius 2 is 2.04 bits per heavy atom. The van der Waals surface area contributed by atoms with E-state index in [1.54, 1.807) is 6.07 Å². The van der Waals surface area contributed by atoms with Crippen molar-refractivity contribution in [3.8, 4) is 5.69 Å². The van der Waals surface area contributed by atoms with Crippen LogP contribution < -0.4 is 10.9 Å². The molecule has 0 aliphatic heterocycles. The van der Waals surface area contributed by atoms with Crippen molar-refractivity contribution >= 4 is 5.91 Å². The van der Waals surface area contributed by atoms with E-state index in [1.807, 2.05) is 13.8 Å². The van der Waals surface area contributed by atoms with Crippen LogP contribution in [0.1, 0.15) is 30.8 Å². The third kappa shape index (κ3) is 4.05. The zero-order valence-electron chi connectivity index (χ0n) is 13.6. The maximum absolute atomic E-state index is 13.8. The number of aromatic nitrogens is 2. The van der Waals surface area contributed by atoms with Gasteiger partial charge in [-0.25, -0.2) is 4.39 Å². The maximum atomic E-state index is 13.8. The number of amides is 1. The van der Waals surface area contributed by atoms with Crippen molar-refractivity contribution in [2.24, 2.45) is 5.92 Å². The summed E-state index contributed by atoms with van der Waals surface area (Å²) in [6.45, 7) is 3.91. The molecule has 0 aliphatic carbocycles. The predicted molar refractivity (Wildman–Crippen MR) is 87.6 cm³/mol. The molecule has 6 nitrogen and oxygen atoms in total. The van der Waals surface area contributed by atoms with Gasteiger partial charge in [0.15, 0.2) is 0 Å². The van der Waals surface area contributed by atoms with E-state index >= 15 is 0 Å². The molecule has 0 bridgehead atoms. The molecule has 7 heteroatoms. The lowest BCUT2D eigenvalue weighted by Crippen LogP contribution is -2.36. The van der Waals surface area contributed by atoms with E-state index in [9.17, 15) is 19.1 Å². The second-order valence-corrected chi connectivity index (χ2v) is 5.58. The van der Waals surface area contributed by atoms with E-state index in [4.69, 9.17) is 0 Å². The first-order chi connectivity index (χ1) is 11.4. The Hall–Kier alpha value is -2.54. The van der Waals surface area contributed by atoms with Gasteiger partial charge in [-0.05, 0) is 24.1 Å². The average Bonchev–Trinajstić information content (AvgIpc) is 2.59. The highest BCUT2D eigenvalue weighted by molar-refractivity contribution is 5.92. The fourth-order valence-corrected chi connectivity index (χ4v) is 2.09. The van der Waals surface area contributed by atoms with E-state index in [0.717, 1.165) is 17.2 Å². The molecule has 0 saturated carbocycles. The number of aliphatic hydroxyl groups excluding tert-OH is 1. The molecule has 2 rings (SSSR count). The van der Waals surface area contributed by atoms with E-state index in [-0.39, 0.29) is 23.8 Å². The van der Waals surface area contributed by atoms with Crippen LogP contribution in [0.4, 0.5) is 4.39 Å². The third-order valence-electron chi connectivity index (χ3n) is 3.89. The Bertz CT molecular complexity index is 776. The quantitative estimate of drug-likeness (QED) is 0.839. The van der Waals surface area contributed by atoms with Gasteiger partial charge in [0.25, 0.3) is 11.5 Å². The van der Waals surface area contributed by atoms with Gasteiger partial charge < -0.3 is 10.4 Å². The van der Waals surface area contributed by atoms with Crippen molar-refractivity contribution in [1.82, 2.24) is 15.1 Å². The van der Waals surface area contributed by atoms with Gasteiger partial charge in [-0.2, -0.15) is 9.78 Å². The van der Waals surface area contributed by atoms with Crippen LogP contribution in [-0.4, -0.2) is 33.4 Å². The first-order valence-corrected chi connectivity index (χ1v) is 7.75. The van der Waals surface area contributed by atoms with Crippen LogP contribution in [0.3, 0.4) is 0 Å². The second kappa shape index (κ2) is 7.83. The molecule has 2 unspecified atom stereocenters. The molecule has 1 heterocycles. The summed E-state index contributed by atoms with van der Waals surface area (Å²) in [6, 6.07) is 8.10. The van der Waals surface area contributed by atoms with Crippen LogP contribution in [-0.2, 0) is 0 Å². The number of hydrogen-bond acceptors (Lipinski definition) is 4. The lowest BCUT2D eigenvalue weighted by Gasteiger charge is -2.17. The van der Waals surface area contributed by atoms with E-state index in [1.165, 1.54) is 24.3 Å². The molecule has 24 heavy (non-hydrogen) atoms. The summed E-state index contributed by atoms with van der Waals surface area (Å²) in [5, 5.41) is 16.4. The summed E-state index contributed by atoms with van der Waals surface area (Å²) in [5.74, 6) is -1.11. The first kappa shape index (κ1) is 17.8. The fourth-order valence-electron chi connectivity index (χ4n) is 2.09. The van der Waals surface area contributed by atoms with Crippen LogP contribution >= 0.6 is 0 Å². The molecule has 1 amide bonds. The highest BCUT2D eigenvalue weighted by atomic mass is 19.1. The van der Waals surface area contributed by atoms with E-state index in [2.05, 4.69) is 10.4 Å². The fraction of sp³-hybridized carbons (Fsp3) is 0.353. The number of halogens is 1. The normalized spacial score (nSPS) is 13.3. The van der Waals surface area contributed by atoms with Crippen LogP contribution in [0.5, 0.6) is 0 Å². The zero-order valence-corrected chi connectivity index (χ0v) is 13.6. The SMILES string of the molecule is CCC(C)C(O)CNC(=O)c1ccc(=O)n(-c2ccccc2F)n1. The Labute approximate surface area is 138 Å². The van der Waals surface area contributed by atoms with Gasteiger partial charge in [0.2, 0.25) is 0 Å². The molecule has 0 aliphatic rings. The number of rotatable bonds is 6. The number of para-hydroxylation sites is 1. The molecule has 2 N–H and O–H groups in total. The first-order valence-electron chi connectivity index (χ1n) is 7.75. The van der Waals surface area contributed by atoms with Gasteiger partial charge in [-0.3, -0.25) is 9.59 Å². The number of hydrogen-bond donors (Lipinski definition) is 2. The molecule has 1 aromatic heterocycles. The van der Waals surface area contributed by atoms with Crippen LogP contribution in [0.2, 0.25) is 0 Å². The van der Waals surface area contributed by atoms with Crippen LogP contribution in [0.15, 0.2) is 41.2 Å². The number of carbonyl (C=O) groups excluding carboxylic acids is 1. The molecule has 0 spiro atoms. The zero-order chi connectivity index (χ0) is 17.7. The van der Waals surface area contributed by atoms with Crippen LogP contribution in [0, 0.1) is 11.7 Å². The average molecular weight is 333 g/mol. The number of nitrogens with one attached hydrogen (secondary N) is 1. The lowest BCUT2D eigenvalue weighted by atomic mass is 10.0. The minimum atomic E-state index is -0.670. The molecule has 0 saturated heterocycles. The smallest absolute Gasteiger partial charge is 0.271 e. The van der Waals surface area contributed by atoms with Crippen molar-refractivity contribution in [2.45, 2.75) is 26.4 Å². The molecule has 2 atom stereocenters. The summed E-state index contributed by atoms with van der Waals surface area (Å²) in [4.78, 5) is 24.0. The highest BCUT2D eigenvalue weighted by Crippen LogP contribution is 2.09. The van der Waals surface area contributed by atoms with Gasteiger partial charge in [0.05, 0.1) is 6.10 Å². The summed E-state index contributed by atoms with van der Waals surface area (Å²) in [6.07, 6.45) is 0.115. The van der Waals surface area contributed by atoms with E-state index in [0.29, 0.717) is 0 Å². The summed E-state index contributed by atoms with van der Waals surface area (Å²) < 4.78 is 14.7. The van der Waals surface area contributed by atoms with Gasteiger partial charge in [-0.15, -0.1) is 0 Å². The molecule has 0 radical (unpaired) electrons. The Kier molecular flexibility index (Phi) is 5.81. The monoisotopic (exact) mass is 333 g/mol. The number of benzene rings is 1. The Morgan fingerprint density at radius 3 is 2.71 bits per heavy atom. The van der Waals surface area contributed by atoms with E-state index < -0.39 is 23.4 Å². The van der Waals surface area contributed by atoms with Crippen molar-refractivity contribution in [3.63, 3.8) is 0 Å². The largest absolute Gasteiger partial charge is 0.391 e. The minimum Gasteiger partial charge on any atom is -0.391 e. The molecular weight excluding hydrogens is 313 g/mol. The van der Waals surface area contributed by atoms with Crippen molar-refractivity contribution in [3.05, 3.63) is 58.3 Å². The molecule has 128 valence electrons. The molecule has 0 fully saturated rings. The topological polar surface area (TPSA) is 84.2 Å². The summed E-state index contributed by atoms with van der Waals surface area (Å²) in [5.41, 5.74) is -0.609. The predicted octanol–water partition coefficient (Wildman–Crippen LogP) is 1.51. The van der Waals surface area contributed by atoms with Crippen molar-refractivity contribution in [1.29, 1.82) is 0 Å².